The number of fused-ring (bicyclic) bond motifs is 1. The minimum atomic E-state index is -0.391. The third kappa shape index (κ3) is 5.60. The van der Waals surface area contributed by atoms with Gasteiger partial charge in [-0.25, -0.2) is 14.4 Å². The first kappa shape index (κ1) is 25.3. The van der Waals surface area contributed by atoms with E-state index in [4.69, 9.17) is 25.7 Å². The van der Waals surface area contributed by atoms with Crippen molar-refractivity contribution in [3.8, 4) is 5.88 Å². The Kier molecular flexibility index (Phi) is 7.17. The maximum Gasteiger partial charge on any atom is 0.215 e. The Morgan fingerprint density at radius 1 is 1.05 bits per heavy atom. The number of anilines is 1. The normalized spacial score (nSPS) is 16.2. The zero-order valence-electron chi connectivity index (χ0n) is 21.5. The number of para-hydroxylation sites is 2. The molecular formula is C29H28ClFN6O2. The molecule has 10 heteroatoms. The van der Waals surface area contributed by atoms with Crippen molar-refractivity contribution in [2.24, 2.45) is 0 Å². The quantitative estimate of drug-likeness (QED) is 0.253. The van der Waals surface area contributed by atoms with E-state index < -0.39 is 5.82 Å². The largest absolute Gasteiger partial charge is 0.473 e. The predicted octanol–water partition coefficient (Wildman–Crippen LogP) is 5.55. The Balaban J connectivity index is 1.13. The molecule has 1 aliphatic rings. The molecule has 0 radical (unpaired) electrons. The summed E-state index contributed by atoms with van der Waals surface area (Å²) in [6, 6.07) is 18.7. The van der Waals surface area contributed by atoms with Gasteiger partial charge in [-0.05, 0) is 37.3 Å². The number of ether oxygens (including phenoxy) is 1. The van der Waals surface area contributed by atoms with E-state index in [1.54, 1.807) is 30.7 Å². The van der Waals surface area contributed by atoms with Gasteiger partial charge in [0.2, 0.25) is 11.8 Å². The van der Waals surface area contributed by atoms with Crippen LogP contribution in [-0.4, -0.2) is 50.1 Å². The molecular weight excluding hydrogens is 519 g/mol. The van der Waals surface area contributed by atoms with Crippen molar-refractivity contribution in [1.82, 2.24) is 24.4 Å². The average molecular weight is 547 g/mol. The van der Waals surface area contributed by atoms with Crippen LogP contribution in [-0.2, 0) is 19.7 Å². The summed E-state index contributed by atoms with van der Waals surface area (Å²) in [5.74, 6) is 2.54. The number of aromatic nitrogens is 4. The molecule has 0 bridgehead atoms. The van der Waals surface area contributed by atoms with Crippen LogP contribution in [0, 0.1) is 5.82 Å². The average Bonchev–Trinajstić information content (AvgIpc) is 3.58. The van der Waals surface area contributed by atoms with Crippen LogP contribution in [0.15, 0.2) is 77.5 Å². The lowest BCUT2D eigenvalue weighted by Gasteiger charge is -2.40. The van der Waals surface area contributed by atoms with E-state index in [9.17, 15) is 4.39 Å². The molecule has 1 saturated heterocycles. The van der Waals surface area contributed by atoms with Crippen molar-refractivity contribution in [3.05, 3.63) is 101 Å². The number of piperazine rings is 1. The summed E-state index contributed by atoms with van der Waals surface area (Å²) < 4.78 is 27.6. The van der Waals surface area contributed by atoms with Crippen molar-refractivity contribution in [2.75, 3.05) is 24.5 Å². The van der Waals surface area contributed by atoms with Gasteiger partial charge in [-0.2, -0.15) is 4.98 Å². The van der Waals surface area contributed by atoms with E-state index in [1.165, 1.54) is 6.07 Å². The van der Waals surface area contributed by atoms with Gasteiger partial charge in [-0.15, -0.1) is 0 Å². The third-order valence-electron chi connectivity index (χ3n) is 7.04. The smallest absolute Gasteiger partial charge is 0.215 e. The molecule has 4 heterocycles. The minimum Gasteiger partial charge on any atom is -0.473 e. The maximum atomic E-state index is 14.1. The number of nitrogens with zero attached hydrogens (tertiary/aromatic N) is 6. The van der Waals surface area contributed by atoms with Gasteiger partial charge >= 0.3 is 0 Å². The molecule has 1 atom stereocenters. The van der Waals surface area contributed by atoms with Crippen molar-refractivity contribution in [2.45, 2.75) is 32.7 Å². The molecule has 3 aromatic heterocycles. The summed E-state index contributed by atoms with van der Waals surface area (Å²) in [5.41, 5.74) is 2.46. The number of pyridine rings is 1. The highest BCUT2D eigenvalue weighted by molar-refractivity contribution is 6.30. The summed E-state index contributed by atoms with van der Waals surface area (Å²) in [4.78, 5) is 18.6. The van der Waals surface area contributed by atoms with Crippen LogP contribution in [0.5, 0.6) is 5.88 Å². The number of hydrogen-bond donors (Lipinski definition) is 0. The van der Waals surface area contributed by atoms with E-state index in [0.29, 0.717) is 35.4 Å². The van der Waals surface area contributed by atoms with Crippen molar-refractivity contribution < 1.29 is 13.5 Å². The topological polar surface area (TPSA) is 72.5 Å². The fourth-order valence-electron chi connectivity index (χ4n) is 4.96. The van der Waals surface area contributed by atoms with Gasteiger partial charge in [0.1, 0.15) is 36.9 Å². The predicted molar refractivity (Wildman–Crippen MR) is 147 cm³/mol. The molecule has 1 fully saturated rings. The van der Waals surface area contributed by atoms with Crippen LogP contribution < -0.4 is 9.64 Å². The van der Waals surface area contributed by atoms with E-state index in [-0.39, 0.29) is 12.6 Å². The van der Waals surface area contributed by atoms with E-state index in [2.05, 4.69) is 37.3 Å². The highest BCUT2D eigenvalue weighted by atomic mass is 35.5. The van der Waals surface area contributed by atoms with Crippen LogP contribution in [0.25, 0.3) is 11.0 Å². The number of rotatable bonds is 8. The minimum absolute atomic E-state index is 0.0815. The maximum absolute atomic E-state index is 14.1. The molecule has 6 rings (SSSR count). The fourth-order valence-corrected chi connectivity index (χ4v) is 5.12. The second-order valence-electron chi connectivity index (χ2n) is 9.65. The van der Waals surface area contributed by atoms with Gasteiger partial charge in [0.05, 0.1) is 23.8 Å². The molecule has 39 heavy (non-hydrogen) atoms. The number of hydrogen-bond acceptors (Lipinski definition) is 7. The van der Waals surface area contributed by atoms with Gasteiger partial charge in [0, 0.05) is 42.3 Å². The van der Waals surface area contributed by atoms with Crippen molar-refractivity contribution in [3.63, 3.8) is 0 Å². The third-order valence-corrected chi connectivity index (χ3v) is 7.28. The zero-order chi connectivity index (χ0) is 26.8. The molecule has 0 amide bonds. The Morgan fingerprint density at radius 3 is 2.77 bits per heavy atom. The Labute approximate surface area is 230 Å². The molecule has 0 N–H and O–H groups in total. The van der Waals surface area contributed by atoms with E-state index in [1.807, 2.05) is 30.3 Å². The monoisotopic (exact) mass is 546 g/mol. The number of imidazole rings is 1. The number of oxazole rings is 1. The second-order valence-corrected chi connectivity index (χ2v) is 10.1. The summed E-state index contributed by atoms with van der Waals surface area (Å²) in [6.07, 6.45) is 3.26. The standard InChI is InChI=1S/C29H28ClFN6O2/c1-20-16-36(26-7-4-8-28(34-26)39-19-21-9-10-22(30)15-23(21)31)13-12-35(20)17-27-33-24-5-2-3-6-25(24)37(27)18-29-32-11-14-38-29/h2-11,14-15,20H,12-13,16-19H2,1H3/t20-/m0/s1. The molecule has 1 aliphatic heterocycles. The first-order valence-electron chi connectivity index (χ1n) is 12.9. The SMILES string of the molecule is C[C@H]1CN(c2cccc(OCc3ccc(Cl)cc3F)n2)CCN1Cc1nc2ccccc2n1Cc1ncco1. The van der Waals surface area contributed by atoms with Gasteiger partial charge in [-0.1, -0.05) is 35.9 Å². The highest BCUT2D eigenvalue weighted by Gasteiger charge is 2.26. The number of halogens is 2. The first-order valence-corrected chi connectivity index (χ1v) is 13.3. The lowest BCUT2D eigenvalue weighted by atomic mass is 10.2. The highest BCUT2D eigenvalue weighted by Crippen LogP contribution is 2.24. The van der Waals surface area contributed by atoms with Gasteiger partial charge in [-0.3, -0.25) is 4.90 Å². The molecule has 5 aromatic rings. The molecule has 0 unspecified atom stereocenters. The van der Waals surface area contributed by atoms with Crippen LogP contribution in [0.2, 0.25) is 5.02 Å². The molecule has 8 nitrogen and oxygen atoms in total. The van der Waals surface area contributed by atoms with Crippen LogP contribution in [0.4, 0.5) is 10.2 Å². The molecule has 0 spiro atoms. The van der Waals surface area contributed by atoms with E-state index >= 15 is 0 Å². The van der Waals surface area contributed by atoms with Gasteiger partial charge in [0.25, 0.3) is 0 Å². The Bertz CT molecular complexity index is 1570. The van der Waals surface area contributed by atoms with Crippen LogP contribution in [0.1, 0.15) is 24.2 Å². The molecule has 2 aromatic carbocycles. The van der Waals surface area contributed by atoms with Crippen molar-refractivity contribution in [1.29, 1.82) is 0 Å². The van der Waals surface area contributed by atoms with Crippen molar-refractivity contribution >= 4 is 28.5 Å². The zero-order valence-corrected chi connectivity index (χ0v) is 22.3. The fraction of sp³-hybridized carbons (Fsp3) is 0.276. The molecule has 200 valence electrons. The lowest BCUT2D eigenvalue weighted by molar-refractivity contribution is 0.174. The van der Waals surface area contributed by atoms with Crippen LogP contribution >= 0.6 is 11.6 Å². The summed E-state index contributed by atoms with van der Waals surface area (Å²) in [5, 5.41) is 0.358. The second kappa shape index (κ2) is 11.0. The van der Waals surface area contributed by atoms with Gasteiger partial charge in [0.15, 0.2) is 0 Å². The lowest BCUT2D eigenvalue weighted by Crippen LogP contribution is -2.52. The molecule has 0 aliphatic carbocycles. The summed E-state index contributed by atoms with van der Waals surface area (Å²) in [7, 11) is 0. The number of benzene rings is 2. The van der Waals surface area contributed by atoms with E-state index in [0.717, 1.165) is 42.3 Å². The Morgan fingerprint density at radius 2 is 1.95 bits per heavy atom. The summed E-state index contributed by atoms with van der Waals surface area (Å²) >= 11 is 5.85. The first-order chi connectivity index (χ1) is 19.0. The molecule has 0 saturated carbocycles. The van der Waals surface area contributed by atoms with Crippen LogP contribution in [0.3, 0.4) is 0 Å². The summed E-state index contributed by atoms with van der Waals surface area (Å²) in [6.45, 7) is 6.03. The Hall–Kier alpha value is -3.95. The van der Waals surface area contributed by atoms with Gasteiger partial charge < -0.3 is 18.6 Å².